The lowest BCUT2D eigenvalue weighted by Crippen LogP contribution is -2.16. The van der Waals surface area contributed by atoms with Gasteiger partial charge in [-0.3, -0.25) is 4.98 Å². The molecule has 3 heteroatoms. The monoisotopic (exact) mass is 432 g/mol. The van der Waals surface area contributed by atoms with Crippen LogP contribution in [0.25, 0.3) is 22.4 Å². The Labute approximate surface area is 195 Å². The molecule has 2 aliphatic rings. The minimum absolute atomic E-state index is 0.765. The Hall–Kier alpha value is -3.59. The van der Waals surface area contributed by atoms with Gasteiger partial charge in [0.1, 0.15) is 5.75 Å². The maximum atomic E-state index is 6.25. The van der Waals surface area contributed by atoms with Crippen LogP contribution in [-0.2, 0) is 19.5 Å². The van der Waals surface area contributed by atoms with E-state index in [0.29, 0.717) is 0 Å². The zero-order chi connectivity index (χ0) is 22.0. The van der Waals surface area contributed by atoms with Crippen molar-refractivity contribution in [3.05, 3.63) is 102 Å². The molecule has 0 atom stereocenters. The van der Waals surface area contributed by atoms with Gasteiger partial charge in [0, 0.05) is 35.5 Å². The highest BCUT2D eigenvalue weighted by atomic mass is 16.5. The number of fused-ring (bicyclic) bond motifs is 4. The van der Waals surface area contributed by atoms with Crippen molar-refractivity contribution in [1.29, 1.82) is 0 Å². The molecule has 3 nitrogen and oxygen atoms in total. The predicted octanol–water partition coefficient (Wildman–Crippen LogP) is 7.04. The summed E-state index contributed by atoms with van der Waals surface area (Å²) in [5.74, 6) is 0.986. The quantitative estimate of drug-likeness (QED) is 0.340. The van der Waals surface area contributed by atoms with Crippen molar-refractivity contribution in [1.82, 2.24) is 4.98 Å². The molecule has 33 heavy (non-hydrogen) atoms. The molecule has 3 aromatic carbocycles. The van der Waals surface area contributed by atoms with Crippen LogP contribution in [0.4, 0.5) is 5.69 Å². The molecule has 0 fully saturated rings. The number of hydrogen-bond donors (Lipinski definition) is 0. The number of anilines is 1. The fourth-order valence-electron chi connectivity index (χ4n) is 5.23. The summed E-state index contributed by atoms with van der Waals surface area (Å²) in [6.45, 7) is 2.48. The van der Waals surface area contributed by atoms with Gasteiger partial charge in [-0.2, -0.15) is 0 Å². The number of nitrogens with zero attached hydrogens (tertiary/aromatic N) is 2. The first-order valence-electron chi connectivity index (χ1n) is 12.0. The van der Waals surface area contributed by atoms with E-state index in [-0.39, 0.29) is 0 Å². The van der Waals surface area contributed by atoms with Crippen LogP contribution in [0.2, 0.25) is 0 Å². The molecule has 0 radical (unpaired) electrons. The van der Waals surface area contributed by atoms with Crippen molar-refractivity contribution >= 4 is 5.69 Å². The van der Waals surface area contributed by atoms with Gasteiger partial charge in [-0.05, 0) is 48.9 Å². The summed E-state index contributed by atoms with van der Waals surface area (Å²) in [5, 5.41) is 0. The van der Waals surface area contributed by atoms with E-state index in [4.69, 9.17) is 9.72 Å². The highest BCUT2D eigenvalue weighted by Crippen LogP contribution is 2.43. The molecule has 164 valence electrons. The van der Waals surface area contributed by atoms with Crippen molar-refractivity contribution in [3.63, 3.8) is 0 Å². The van der Waals surface area contributed by atoms with Gasteiger partial charge in [0.2, 0.25) is 0 Å². The summed E-state index contributed by atoms with van der Waals surface area (Å²) in [6, 6.07) is 30.0. The van der Waals surface area contributed by atoms with Gasteiger partial charge >= 0.3 is 0 Å². The van der Waals surface area contributed by atoms with Gasteiger partial charge in [-0.1, -0.05) is 72.8 Å². The first kappa shape index (κ1) is 20.0. The van der Waals surface area contributed by atoms with Gasteiger partial charge in [0.15, 0.2) is 0 Å². The fourth-order valence-corrected chi connectivity index (χ4v) is 5.23. The molecule has 0 saturated heterocycles. The fraction of sp³-hybridized carbons (Fsp3) is 0.233. The summed E-state index contributed by atoms with van der Waals surface area (Å²) in [7, 11) is 0. The van der Waals surface area contributed by atoms with Gasteiger partial charge in [-0.25, -0.2) is 0 Å². The summed E-state index contributed by atoms with van der Waals surface area (Å²) < 4.78 is 6.25. The molecule has 0 aliphatic carbocycles. The van der Waals surface area contributed by atoms with Crippen LogP contribution < -0.4 is 9.64 Å². The Kier molecular flexibility index (Phi) is 5.31. The van der Waals surface area contributed by atoms with Crippen molar-refractivity contribution < 1.29 is 4.74 Å². The van der Waals surface area contributed by atoms with E-state index in [1.165, 1.54) is 39.2 Å². The molecule has 6 rings (SSSR count). The molecule has 0 unspecified atom stereocenters. The van der Waals surface area contributed by atoms with Crippen LogP contribution in [0.5, 0.6) is 5.75 Å². The van der Waals surface area contributed by atoms with E-state index in [2.05, 4.69) is 89.8 Å². The summed E-state index contributed by atoms with van der Waals surface area (Å²) in [5.41, 5.74) is 10.1. The zero-order valence-electron chi connectivity index (χ0n) is 18.8. The Morgan fingerprint density at radius 2 is 1.36 bits per heavy atom. The Morgan fingerprint density at radius 1 is 0.667 bits per heavy atom. The molecule has 0 N–H and O–H groups in total. The maximum absolute atomic E-state index is 6.25. The number of aromatic nitrogens is 1. The van der Waals surface area contributed by atoms with E-state index in [1.54, 1.807) is 0 Å². The first-order valence-corrected chi connectivity index (χ1v) is 12.0. The molecule has 0 amide bonds. The standard InChI is InChI=1S/C30H28N2O/c1-4-12-22(13-5-1)29-24-20-32-21-25(24)30(23-14-6-2-7-15-23)31-26(29)16-8-3-11-19-33-28-18-10-9-17-27(28)32/h1-2,4-7,9-10,12-15,17-18H,3,8,11,16,19-21H2. The molecule has 3 heterocycles. The normalized spacial score (nSPS) is 15.2. The maximum Gasteiger partial charge on any atom is 0.142 e. The van der Waals surface area contributed by atoms with Crippen molar-refractivity contribution in [2.45, 2.75) is 38.8 Å². The predicted molar refractivity (Wildman–Crippen MR) is 134 cm³/mol. The molecule has 0 spiro atoms. The molecule has 2 aliphatic heterocycles. The van der Waals surface area contributed by atoms with E-state index in [0.717, 1.165) is 56.8 Å². The molecular weight excluding hydrogens is 404 g/mol. The largest absolute Gasteiger partial charge is 0.491 e. The SMILES string of the molecule is c1ccc(-c2nc3c(-c4ccccc4)c4c2CN(C4)c2ccccc2OCCCCC3)cc1. The van der Waals surface area contributed by atoms with Crippen molar-refractivity contribution in [3.8, 4) is 28.1 Å². The first-order chi connectivity index (χ1) is 16.4. The second-order valence-electron chi connectivity index (χ2n) is 8.95. The van der Waals surface area contributed by atoms with Gasteiger partial charge in [-0.15, -0.1) is 0 Å². The summed E-state index contributed by atoms with van der Waals surface area (Å²) in [4.78, 5) is 7.83. The van der Waals surface area contributed by atoms with Crippen LogP contribution >= 0.6 is 0 Å². The average molecular weight is 433 g/mol. The van der Waals surface area contributed by atoms with Crippen molar-refractivity contribution in [2.75, 3.05) is 11.5 Å². The number of ether oxygens (including phenoxy) is 1. The Balaban J connectivity index is 1.59. The van der Waals surface area contributed by atoms with Crippen LogP contribution in [-0.4, -0.2) is 11.6 Å². The van der Waals surface area contributed by atoms with Crippen LogP contribution in [0.1, 0.15) is 36.1 Å². The number of pyridine rings is 1. The second-order valence-corrected chi connectivity index (χ2v) is 8.95. The number of hydrogen-bond acceptors (Lipinski definition) is 3. The summed E-state index contributed by atoms with van der Waals surface area (Å²) >= 11 is 0. The van der Waals surface area contributed by atoms with Crippen LogP contribution in [0, 0.1) is 0 Å². The topological polar surface area (TPSA) is 25.4 Å². The lowest BCUT2D eigenvalue weighted by atomic mass is 9.91. The molecule has 1 aromatic heterocycles. The molecule has 3 bridgehead atoms. The molecule has 0 saturated carbocycles. The highest BCUT2D eigenvalue weighted by Gasteiger charge is 2.30. The van der Waals surface area contributed by atoms with Crippen LogP contribution in [0.3, 0.4) is 0 Å². The third-order valence-electron chi connectivity index (χ3n) is 6.82. The number of benzene rings is 3. The summed E-state index contributed by atoms with van der Waals surface area (Å²) in [6.07, 6.45) is 4.31. The smallest absolute Gasteiger partial charge is 0.142 e. The minimum atomic E-state index is 0.765. The lowest BCUT2D eigenvalue weighted by Gasteiger charge is -2.21. The number of rotatable bonds is 2. The lowest BCUT2D eigenvalue weighted by molar-refractivity contribution is 0.305. The van der Waals surface area contributed by atoms with E-state index in [9.17, 15) is 0 Å². The molecule has 4 aromatic rings. The second kappa shape index (κ2) is 8.74. The Bertz CT molecular complexity index is 1270. The van der Waals surface area contributed by atoms with Gasteiger partial charge in [0.25, 0.3) is 0 Å². The third kappa shape index (κ3) is 3.78. The Morgan fingerprint density at radius 3 is 2.18 bits per heavy atom. The minimum Gasteiger partial charge on any atom is -0.491 e. The van der Waals surface area contributed by atoms with Crippen molar-refractivity contribution in [2.24, 2.45) is 0 Å². The van der Waals surface area contributed by atoms with Gasteiger partial charge < -0.3 is 9.64 Å². The highest BCUT2D eigenvalue weighted by molar-refractivity contribution is 5.79. The van der Waals surface area contributed by atoms with E-state index >= 15 is 0 Å². The number of aryl methyl sites for hydroxylation is 1. The van der Waals surface area contributed by atoms with Gasteiger partial charge in [0.05, 0.1) is 18.0 Å². The zero-order valence-corrected chi connectivity index (χ0v) is 18.8. The molecular formula is C30H28N2O. The van der Waals surface area contributed by atoms with E-state index < -0.39 is 0 Å². The van der Waals surface area contributed by atoms with Crippen LogP contribution in [0.15, 0.2) is 84.9 Å². The average Bonchev–Trinajstić information content (AvgIpc) is 3.31. The third-order valence-corrected chi connectivity index (χ3v) is 6.82. The van der Waals surface area contributed by atoms with E-state index in [1.807, 2.05) is 0 Å². The number of para-hydroxylation sites is 2.